The molecule has 0 spiro atoms. The molecule has 0 aliphatic heterocycles. The SMILES string of the molecule is COCCN(C)C(=O)c1cccnc1-c1cncs1. The number of thiazole rings is 1. The van der Waals surface area contributed by atoms with Crippen molar-refractivity contribution in [3.05, 3.63) is 35.6 Å². The average molecular weight is 277 g/mol. The predicted octanol–water partition coefficient (Wildman–Crippen LogP) is 1.92. The molecule has 0 fully saturated rings. The molecule has 0 bridgehead atoms. The van der Waals surface area contributed by atoms with Crippen LogP contribution in [0.15, 0.2) is 30.0 Å². The van der Waals surface area contributed by atoms with E-state index < -0.39 is 0 Å². The molecule has 1 amide bonds. The number of ether oxygens (including phenoxy) is 1. The zero-order chi connectivity index (χ0) is 13.7. The van der Waals surface area contributed by atoms with Gasteiger partial charge in [0.15, 0.2) is 0 Å². The van der Waals surface area contributed by atoms with Crippen LogP contribution < -0.4 is 0 Å². The highest BCUT2D eigenvalue weighted by Gasteiger charge is 2.18. The highest BCUT2D eigenvalue weighted by molar-refractivity contribution is 7.13. The highest BCUT2D eigenvalue weighted by atomic mass is 32.1. The van der Waals surface area contributed by atoms with Crippen molar-refractivity contribution in [2.75, 3.05) is 27.3 Å². The number of nitrogens with zero attached hydrogens (tertiary/aromatic N) is 3. The standard InChI is InChI=1S/C13H15N3O2S/c1-16(6-7-18-2)13(17)10-4-3-5-15-12(10)11-8-14-9-19-11/h3-5,8-9H,6-7H2,1-2H3. The second-order valence-electron chi connectivity index (χ2n) is 3.98. The maximum atomic E-state index is 12.4. The number of hydrogen-bond donors (Lipinski definition) is 0. The van der Waals surface area contributed by atoms with Gasteiger partial charge in [0, 0.05) is 33.1 Å². The van der Waals surface area contributed by atoms with Gasteiger partial charge in [0.2, 0.25) is 0 Å². The lowest BCUT2D eigenvalue weighted by Gasteiger charge is -2.17. The largest absolute Gasteiger partial charge is 0.383 e. The van der Waals surface area contributed by atoms with Crippen molar-refractivity contribution < 1.29 is 9.53 Å². The third-order valence-corrected chi connectivity index (χ3v) is 3.46. The Kier molecular flexibility index (Phi) is 4.59. The maximum absolute atomic E-state index is 12.4. The number of hydrogen-bond acceptors (Lipinski definition) is 5. The Bertz CT molecular complexity index is 543. The highest BCUT2D eigenvalue weighted by Crippen LogP contribution is 2.25. The minimum absolute atomic E-state index is 0.0615. The van der Waals surface area contributed by atoms with Crippen LogP contribution in [0, 0.1) is 0 Å². The smallest absolute Gasteiger partial charge is 0.255 e. The lowest BCUT2D eigenvalue weighted by molar-refractivity contribution is 0.0744. The second kappa shape index (κ2) is 6.40. The molecule has 100 valence electrons. The van der Waals surface area contributed by atoms with Crippen molar-refractivity contribution in [2.45, 2.75) is 0 Å². The zero-order valence-corrected chi connectivity index (χ0v) is 11.7. The van der Waals surface area contributed by atoms with Crippen molar-refractivity contribution >= 4 is 17.2 Å². The molecule has 0 saturated heterocycles. The summed E-state index contributed by atoms with van der Waals surface area (Å²) >= 11 is 1.47. The van der Waals surface area contributed by atoms with E-state index in [0.29, 0.717) is 24.4 Å². The molecule has 2 aromatic rings. The summed E-state index contributed by atoms with van der Waals surface area (Å²) in [5, 5.41) is 0. The molecule has 0 aliphatic carbocycles. The summed E-state index contributed by atoms with van der Waals surface area (Å²) in [6, 6.07) is 3.55. The van der Waals surface area contributed by atoms with E-state index in [0.717, 1.165) is 4.88 Å². The Balaban J connectivity index is 2.27. The summed E-state index contributed by atoms with van der Waals surface area (Å²) in [5.41, 5.74) is 3.00. The Hall–Kier alpha value is -1.79. The van der Waals surface area contributed by atoms with E-state index in [1.807, 2.05) is 0 Å². The summed E-state index contributed by atoms with van der Waals surface area (Å²) in [4.78, 5) is 23.2. The number of likely N-dealkylation sites (N-methyl/N-ethyl adjacent to an activating group) is 1. The molecule has 0 radical (unpaired) electrons. The summed E-state index contributed by atoms with van der Waals surface area (Å²) in [6.07, 6.45) is 3.40. The fourth-order valence-electron chi connectivity index (χ4n) is 1.64. The van der Waals surface area contributed by atoms with Gasteiger partial charge >= 0.3 is 0 Å². The third-order valence-electron chi connectivity index (χ3n) is 2.68. The van der Waals surface area contributed by atoms with Crippen LogP contribution in [0.25, 0.3) is 10.6 Å². The van der Waals surface area contributed by atoms with Crippen LogP contribution >= 0.6 is 11.3 Å². The molecule has 0 atom stereocenters. The van der Waals surface area contributed by atoms with Crippen LogP contribution in [0.1, 0.15) is 10.4 Å². The molecular formula is C13H15N3O2S. The molecule has 2 aromatic heterocycles. The molecule has 5 nitrogen and oxygen atoms in total. The minimum Gasteiger partial charge on any atom is -0.383 e. The fourth-order valence-corrected chi connectivity index (χ4v) is 2.27. The van der Waals surface area contributed by atoms with Crippen LogP contribution in [0.4, 0.5) is 0 Å². The van der Waals surface area contributed by atoms with Crippen molar-refractivity contribution in [3.63, 3.8) is 0 Å². The minimum atomic E-state index is -0.0615. The molecule has 0 unspecified atom stereocenters. The van der Waals surface area contributed by atoms with E-state index in [-0.39, 0.29) is 5.91 Å². The predicted molar refractivity (Wildman–Crippen MR) is 74.2 cm³/mol. The van der Waals surface area contributed by atoms with Crippen LogP contribution in [0.5, 0.6) is 0 Å². The van der Waals surface area contributed by atoms with E-state index in [1.54, 1.807) is 49.1 Å². The van der Waals surface area contributed by atoms with Crippen molar-refractivity contribution in [3.8, 4) is 10.6 Å². The average Bonchev–Trinajstić information content (AvgIpc) is 2.98. The monoisotopic (exact) mass is 277 g/mol. The Morgan fingerprint density at radius 3 is 3.05 bits per heavy atom. The summed E-state index contributed by atoms with van der Waals surface area (Å²) in [7, 11) is 3.37. The first-order valence-corrected chi connectivity index (χ1v) is 6.70. The van der Waals surface area contributed by atoms with Crippen molar-refractivity contribution in [2.24, 2.45) is 0 Å². The normalized spacial score (nSPS) is 10.4. The number of aromatic nitrogens is 2. The topological polar surface area (TPSA) is 55.3 Å². The number of carbonyl (C=O) groups is 1. The lowest BCUT2D eigenvalue weighted by Crippen LogP contribution is -2.30. The number of amides is 1. The van der Waals surface area contributed by atoms with Crippen LogP contribution in [0.2, 0.25) is 0 Å². The summed E-state index contributed by atoms with van der Waals surface area (Å²) in [5.74, 6) is -0.0615. The quantitative estimate of drug-likeness (QED) is 0.838. The molecule has 2 heterocycles. The first-order valence-electron chi connectivity index (χ1n) is 5.82. The van der Waals surface area contributed by atoms with E-state index in [9.17, 15) is 4.79 Å². The van der Waals surface area contributed by atoms with E-state index in [4.69, 9.17) is 4.74 Å². The Labute approximate surface area is 115 Å². The van der Waals surface area contributed by atoms with Gasteiger partial charge in [-0.25, -0.2) is 0 Å². The van der Waals surface area contributed by atoms with Gasteiger partial charge in [-0.15, -0.1) is 11.3 Å². The van der Waals surface area contributed by atoms with Gasteiger partial charge in [-0.05, 0) is 12.1 Å². The fraction of sp³-hybridized carbons (Fsp3) is 0.308. The molecule has 2 rings (SSSR count). The number of pyridine rings is 1. The van der Waals surface area contributed by atoms with Gasteiger partial charge in [-0.1, -0.05) is 0 Å². The van der Waals surface area contributed by atoms with Crippen LogP contribution in [0.3, 0.4) is 0 Å². The van der Waals surface area contributed by atoms with Gasteiger partial charge < -0.3 is 9.64 Å². The molecule has 0 aromatic carbocycles. The molecule has 19 heavy (non-hydrogen) atoms. The summed E-state index contributed by atoms with van der Waals surface area (Å²) in [6.45, 7) is 1.06. The van der Waals surface area contributed by atoms with Crippen molar-refractivity contribution in [1.29, 1.82) is 0 Å². The van der Waals surface area contributed by atoms with E-state index >= 15 is 0 Å². The van der Waals surface area contributed by atoms with Gasteiger partial charge in [0.1, 0.15) is 0 Å². The Morgan fingerprint density at radius 2 is 2.37 bits per heavy atom. The van der Waals surface area contributed by atoms with Crippen LogP contribution in [-0.4, -0.2) is 48.1 Å². The van der Waals surface area contributed by atoms with E-state index in [2.05, 4.69) is 9.97 Å². The first-order chi connectivity index (χ1) is 9.24. The second-order valence-corrected chi connectivity index (χ2v) is 4.87. The zero-order valence-electron chi connectivity index (χ0n) is 10.9. The Morgan fingerprint density at radius 1 is 1.53 bits per heavy atom. The maximum Gasteiger partial charge on any atom is 0.255 e. The van der Waals surface area contributed by atoms with Gasteiger partial charge in [-0.2, -0.15) is 0 Å². The van der Waals surface area contributed by atoms with Gasteiger partial charge in [0.05, 0.1) is 28.3 Å². The number of carbonyl (C=O) groups excluding carboxylic acids is 1. The van der Waals surface area contributed by atoms with Gasteiger partial charge in [-0.3, -0.25) is 14.8 Å². The first kappa shape index (κ1) is 13.6. The molecule has 6 heteroatoms. The number of methoxy groups -OCH3 is 1. The number of rotatable bonds is 5. The molecule has 0 aliphatic rings. The lowest BCUT2D eigenvalue weighted by atomic mass is 10.1. The van der Waals surface area contributed by atoms with Gasteiger partial charge in [0.25, 0.3) is 5.91 Å². The molecule has 0 N–H and O–H groups in total. The summed E-state index contributed by atoms with van der Waals surface area (Å²) < 4.78 is 4.98. The molecule has 0 saturated carbocycles. The van der Waals surface area contributed by atoms with Crippen molar-refractivity contribution in [1.82, 2.24) is 14.9 Å². The molecular weight excluding hydrogens is 262 g/mol. The van der Waals surface area contributed by atoms with Crippen LogP contribution in [-0.2, 0) is 4.74 Å². The third kappa shape index (κ3) is 3.15. The van der Waals surface area contributed by atoms with E-state index in [1.165, 1.54) is 11.3 Å².